The second-order valence-corrected chi connectivity index (χ2v) is 22.0. The van der Waals surface area contributed by atoms with Crippen molar-refractivity contribution in [3.05, 3.63) is 109 Å². The van der Waals surface area contributed by atoms with Crippen molar-refractivity contribution >= 4 is 17.9 Å². The molecular formula is C73H124O6. The van der Waals surface area contributed by atoms with Crippen LogP contribution in [0.15, 0.2) is 109 Å². The number of carbonyl (C=O) groups excluding carboxylic acids is 3. The van der Waals surface area contributed by atoms with Gasteiger partial charge >= 0.3 is 17.9 Å². The summed E-state index contributed by atoms with van der Waals surface area (Å²) in [6, 6.07) is 0. The fourth-order valence-corrected chi connectivity index (χ4v) is 9.28. The van der Waals surface area contributed by atoms with E-state index in [-0.39, 0.29) is 31.1 Å². The van der Waals surface area contributed by atoms with Crippen LogP contribution in [-0.2, 0) is 28.6 Å². The number of hydrogen-bond acceptors (Lipinski definition) is 6. The Bertz CT molecular complexity index is 1590. The first-order valence-corrected chi connectivity index (χ1v) is 33.4. The Labute approximate surface area is 489 Å². The molecule has 0 fully saturated rings. The van der Waals surface area contributed by atoms with Crippen LogP contribution >= 0.6 is 0 Å². The first kappa shape index (κ1) is 75.1. The van der Waals surface area contributed by atoms with E-state index < -0.39 is 6.10 Å². The summed E-state index contributed by atoms with van der Waals surface area (Å²) >= 11 is 0. The van der Waals surface area contributed by atoms with Gasteiger partial charge < -0.3 is 14.2 Å². The average Bonchev–Trinajstić information content (AvgIpc) is 3.45. The molecule has 1 atom stereocenters. The van der Waals surface area contributed by atoms with Crippen molar-refractivity contribution in [3.8, 4) is 0 Å². The molecule has 0 aliphatic carbocycles. The predicted octanol–water partition coefficient (Wildman–Crippen LogP) is 23.0. The molecule has 0 aromatic heterocycles. The van der Waals surface area contributed by atoms with Gasteiger partial charge in [-0.05, 0) is 109 Å². The second kappa shape index (κ2) is 66.6. The maximum atomic E-state index is 12.9. The van der Waals surface area contributed by atoms with E-state index >= 15 is 0 Å². The molecule has 6 heteroatoms. The number of hydrogen-bond donors (Lipinski definition) is 0. The van der Waals surface area contributed by atoms with Crippen LogP contribution in [0.3, 0.4) is 0 Å². The zero-order valence-electron chi connectivity index (χ0n) is 51.9. The van der Waals surface area contributed by atoms with E-state index in [0.29, 0.717) is 19.3 Å². The SMILES string of the molecule is CC/C=C\C/C=C\C/C=C\C/C=C\C/C=C\C/C=C\C/C=C\C/C=C\CCCCC(=O)OCC(COC(=O)CCCCCCCCCCCCCCCCCCC)OC(=O)CCCCCCCCC/C=C\CCCCCCCC. The summed E-state index contributed by atoms with van der Waals surface area (Å²) in [5.74, 6) is -0.930. The molecule has 0 aromatic rings. The maximum Gasteiger partial charge on any atom is 0.306 e. The van der Waals surface area contributed by atoms with Gasteiger partial charge in [0.1, 0.15) is 13.2 Å². The molecule has 0 amide bonds. The first-order valence-electron chi connectivity index (χ1n) is 33.4. The third-order valence-electron chi connectivity index (χ3n) is 14.3. The molecule has 0 aliphatic heterocycles. The fraction of sp³-hybridized carbons (Fsp3) is 0.712. The molecule has 0 saturated carbocycles. The third-order valence-corrected chi connectivity index (χ3v) is 14.3. The van der Waals surface area contributed by atoms with Gasteiger partial charge in [0.2, 0.25) is 0 Å². The van der Waals surface area contributed by atoms with Crippen LogP contribution in [0.5, 0.6) is 0 Å². The number of ether oxygens (including phenoxy) is 3. The Hall–Kier alpha value is -3.93. The monoisotopic (exact) mass is 1100 g/mol. The summed E-state index contributed by atoms with van der Waals surface area (Å²) in [4.78, 5) is 38.4. The van der Waals surface area contributed by atoms with E-state index in [1.54, 1.807) is 0 Å². The van der Waals surface area contributed by atoms with Crippen molar-refractivity contribution in [1.82, 2.24) is 0 Å². The molecule has 0 saturated heterocycles. The molecule has 0 N–H and O–H groups in total. The van der Waals surface area contributed by atoms with Crippen molar-refractivity contribution in [1.29, 1.82) is 0 Å². The number of unbranched alkanes of at least 4 members (excludes halogenated alkanes) is 31. The third kappa shape index (κ3) is 64.8. The van der Waals surface area contributed by atoms with Gasteiger partial charge in [0, 0.05) is 19.3 Å². The minimum absolute atomic E-state index is 0.0916. The highest BCUT2D eigenvalue weighted by Gasteiger charge is 2.19. The molecule has 0 aliphatic rings. The van der Waals surface area contributed by atoms with Gasteiger partial charge in [-0.1, -0.05) is 297 Å². The van der Waals surface area contributed by atoms with Crippen molar-refractivity contribution in [2.45, 2.75) is 322 Å². The van der Waals surface area contributed by atoms with Crippen LogP contribution in [0, 0.1) is 0 Å². The van der Waals surface area contributed by atoms with E-state index in [9.17, 15) is 14.4 Å². The number of esters is 3. The van der Waals surface area contributed by atoms with E-state index in [4.69, 9.17) is 14.2 Å². The number of carbonyl (C=O) groups is 3. The van der Waals surface area contributed by atoms with Crippen molar-refractivity contribution < 1.29 is 28.6 Å². The highest BCUT2D eigenvalue weighted by atomic mass is 16.6. The quantitative estimate of drug-likeness (QED) is 0.0261. The molecule has 0 bridgehead atoms. The first-order chi connectivity index (χ1) is 39.0. The lowest BCUT2D eigenvalue weighted by Gasteiger charge is -2.18. The Balaban J connectivity index is 4.44. The molecule has 79 heavy (non-hydrogen) atoms. The van der Waals surface area contributed by atoms with Gasteiger partial charge in [-0.25, -0.2) is 0 Å². The molecule has 6 nitrogen and oxygen atoms in total. The smallest absolute Gasteiger partial charge is 0.306 e. The topological polar surface area (TPSA) is 78.9 Å². The van der Waals surface area contributed by atoms with Crippen molar-refractivity contribution in [2.24, 2.45) is 0 Å². The highest BCUT2D eigenvalue weighted by Crippen LogP contribution is 2.16. The molecular weight excluding hydrogens is 973 g/mol. The lowest BCUT2D eigenvalue weighted by Crippen LogP contribution is -2.30. The van der Waals surface area contributed by atoms with Crippen molar-refractivity contribution in [3.63, 3.8) is 0 Å². The summed E-state index contributed by atoms with van der Waals surface area (Å²) < 4.78 is 16.9. The van der Waals surface area contributed by atoms with Crippen LogP contribution in [-0.4, -0.2) is 37.2 Å². The minimum Gasteiger partial charge on any atom is -0.462 e. The van der Waals surface area contributed by atoms with Gasteiger partial charge in [-0.2, -0.15) is 0 Å². The molecule has 0 heterocycles. The van der Waals surface area contributed by atoms with Gasteiger partial charge in [0.25, 0.3) is 0 Å². The normalized spacial score (nSPS) is 12.8. The standard InChI is InChI=1S/C73H124O6/c1-4-7-10-13-16-19-22-25-28-31-32-33-34-35-36-37-38-39-40-43-45-48-51-54-57-60-63-66-72(75)78-69-70(79-73(76)67-64-61-58-55-52-49-46-42-30-27-24-21-18-15-12-9-6-3)68-77-71(74)65-62-59-56-53-50-47-44-41-29-26-23-20-17-14-11-8-5-2/h7,10,16,19,25,27-28,30,32-33,35-36,38-39,43,45,51,54,70H,4-6,8-9,11-15,17-18,20-24,26,29,31,34,37,40-42,44,46-50,52-53,55-69H2,1-3H3/b10-7-,19-16-,28-25-,30-27-,33-32-,36-35-,39-38-,45-43-,54-51-. The summed E-state index contributed by atoms with van der Waals surface area (Å²) in [6.45, 7) is 6.52. The Kier molecular flexibility index (Phi) is 63.3. The van der Waals surface area contributed by atoms with Crippen molar-refractivity contribution in [2.75, 3.05) is 13.2 Å². The lowest BCUT2D eigenvalue weighted by atomic mass is 10.0. The Morgan fingerprint density at radius 3 is 0.810 bits per heavy atom. The van der Waals surface area contributed by atoms with E-state index in [0.717, 1.165) is 109 Å². The van der Waals surface area contributed by atoms with E-state index in [1.807, 2.05) is 0 Å². The van der Waals surface area contributed by atoms with Gasteiger partial charge in [-0.3, -0.25) is 14.4 Å². The fourth-order valence-electron chi connectivity index (χ4n) is 9.28. The number of rotatable bonds is 60. The van der Waals surface area contributed by atoms with Crippen LogP contribution in [0.4, 0.5) is 0 Å². The van der Waals surface area contributed by atoms with Gasteiger partial charge in [0.05, 0.1) is 0 Å². The van der Waals surface area contributed by atoms with Gasteiger partial charge in [0.15, 0.2) is 6.10 Å². The summed E-state index contributed by atoms with van der Waals surface area (Å²) in [7, 11) is 0. The zero-order valence-corrected chi connectivity index (χ0v) is 51.9. The summed E-state index contributed by atoms with van der Waals surface area (Å²) in [5.41, 5.74) is 0. The Morgan fingerprint density at radius 2 is 0.494 bits per heavy atom. The predicted molar refractivity (Wildman–Crippen MR) is 343 cm³/mol. The zero-order chi connectivity index (χ0) is 57.1. The van der Waals surface area contributed by atoms with Crippen LogP contribution in [0.1, 0.15) is 316 Å². The largest absolute Gasteiger partial charge is 0.462 e. The van der Waals surface area contributed by atoms with Gasteiger partial charge in [-0.15, -0.1) is 0 Å². The highest BCUT2D eigenvalue weighted by molar-refractivity contribution is 5.71. The molecule has 0 aromatic carbocycles. The van der Waals surface area contributed by atoms with Crippen LogP contribution in [0.2, 0.25) is 0 Å². The molecule has 452 valence electrons. The summed E-state index contributed by atoms with van der Waals surface area (Å²) in [6.07, 6.45) is 91.0. The van der Waals surface area contributed by atoms with E-state index in [2.05, 4.69) is 130 Å². The van der Waals surface area contributed by atoms with Crippen LogP contribution in [0.25, 0.3) is 0 Å². The molecule has 0 spiro atoms. The maximum absolute atomic E-state index is 12.9. The molecule has 0 rings (SSSR count). The average molecular weight is 1100 g/mol. The lowest BCUT2D eigenvalue weighted by molar-refractivity contribution is -0.167. The molecule has 1 unspecified atom stereocenters. The van der Waals surface area contributed by atoms with Crippen LogP contribution < -0.4 is 0 Å². The Morgan fingerprint density at radius 1 is 0.266 bits per heavy atom. The summed E-state index contributed by atoms with van der Waals surface area (Å²) in [5, 5.41) is 0. The minimum atomic E-state index is -0.800. The molecule has 0 radical (unpaired) electrons. The number of allylic oxidation sites excluding steroid dienone is 18. The second-order valence-electron chi connectivity index (χ2n) is 22.0. The van der Waals surface area contributed by atoms with E-state index in [1.165, 1.54) is 167 Å².